The minimum atomic E-state index is 0.111. The molecule has 3 heterocycles. The number of aryl methyl sites for hydroxylation is 1. The van der Waals surface area contributed by atoms with Crippen molar-refractivity contribution in [2.24, 2.45) is 0 Å². The second-order valence-corrected chi connectivity index (χ2v) is 9.21. The highest BCUT2D eigenvalue weighted by Gasteiger charge is 2.48. The molecule has 2 aliphatic rings. The highest BCUT2D eigenvalue weighted by Crippen LogP contribution is 2.49. The summed E-state index contributed by atoms with van der Waals surface area (Å²) in [4.78, 5) is 6.21. The summed E-state index contributed by atoms with van der Waals surface area (Å²) in [6, 6.07) is 8.64. The predicted octanol–water partition coefficient (Wildman–Crippen LogP) is 4.99. The Morgan fingerprint density at radius 1 is 1.19 bits per heavy atom. The summed E-state index contributed by atoms with van der Waals surface area (Å²) in [6.45, 7) is 5.08. The van der Waals surface area contributed by atoms with Crippen molar-refractivity contribution in [2.75, 3.05) is 13.2 Å². The van der Waals surface area contributed by atoms with Crippen LogP contribution in [-0.2, 0) is 16.7 Å². The number of thiophene rings is 1. The number of aromatic nitrogens is 1. The van der Waals surface area contributed by atoms with Crippen molar-refractivity contribution in [3.05, 3.63) is 52.0 Å². The molecule has 4 rings (SSSR count). The molecular weight excluding hydrogens is 340 g/mol. The number of nitrogens with one attached hydrogen (secondary N) is 1. The lowest BCUT2D eigenvalue weighted by molar-refractivity contribution is -0.104. The van der Waals surface area contributed by atoms with Crippen LogP contribution in [-0.4, -0.2) is 23.7 Å². The van der Waals surface area contributed by atoms with Crippen LogP contribution in [0.2, 0.25) is 0 Å². The summed E-state index contributed by atoms with van der Waals surface area (Å²) in [7, 11) is 0. The first-order valence-electron chi connectivity index (χ1n) is 10.0. The van der Waals surface area contributed by atoms with Crippen LogP contribution in [0.1, 0.15) is 61.1 Å². The Kier molecular flexibility index (Phi) is 5.44. The molecular formula is C22H30N2OS. The molecule has 2 aromatic heterocycles. The van der Waals surface area contributed by atoms with Gasteiger partial charge in [0.2, 0.25) is 0 Å². The molecule has 1 spiro atoms. The average Bonchev–Trinajstić information content (AvgIpc) is 3.29. The van der Waals surface area contributed by atoms with Crippen molar-refractivity contribution in [1.29, 1.82) is 0 Å². The van der Waals surface area contributed by atoms with Gasteiger partial charge >= 0.3 is 0 Å². The van der Waals surface area contributed by atoms with Gasteiger partial charge in [-0.2, -0.15) is 0 Å². The second kappa shape index (κ2) is 7.79. The van der Waals surface area contributed by atoms with Gasteiger partial charge in [-0.15, -0.1) is 11.3 Å². The molecule has 26 heavy (non-hydrogen) atoms. The fourth-order valence-electron chi connectivity index (χ4n) is 4.94. The van der Waals surface area contributed by atoms with Gasteiger partial charge in [0.15, 0.2) is 0 Å². The van der Waals surface area contributed by atoms with E-state index in [2.05, 4.69) is 35.8 Å². The van der Waals surface area contributed by atoms with Crippen LogP contribution < -0.4 is 5.32 Å². The molecule has 140 valence electrons. The maximum absolute atomic E-state index is 6.34. The molecule has 1 saturated carbocycles. The normalized spacial score (nSPS) is 25.0. The molecule has 1 aliphatic carbocycles. The highest BCUT2D eigenvalue weighted by atomic mass is 32.1. The number of hydrogen-bond donors (Lipinski definition) is 1. The van der Waals surface area contributed by atoms with Gasteiger partial charge in [-0.3, -0.25) is 4.98 Å². The maximum atomic E-state index is 6.34. The molecule has 2 fully saturated rings. The lowest BCUT2D eigenvalue weighted by Gasteiger charge is -2.46. The van der Waals surface area contributed by atoms with Crippen molar-refractivity contribution in [1.82, 2.24) is 10.3 Å². The van der Waals surface area contributed by atoms with Gasteiger partial charge < -0.3 is 10.1 Å². The lowest BCUT2D eigenvalue weighted by atomic mass is 9.68. The third-order valence-electron chi connectivity index (χ3n) is 6.43. The summed E-state index contributed by atoms with van der Waals surface area (Å²) in [5, 5.41) is 5.87. The van der Waals surface area contributed by atoms with E-state index in [1.165, 1.54) is 41.8 Å². The molecule has 4 heteroatoms. The molecule has 1 saturated heterocycles. The number of nitrogens with zero attached hydrogens (tertiary/aromatic N) is 1. The summed E-state index contributed by atoms with van der Waals surface area (Å²) in [5.41, 5.74) is 2.96. The third kappa shape index (κ3) is 3.73. The molecule has 0 unspecified atom stereocenters. The van der Waals surface area contributed by atoms with E-state index in [4.69, 9.17) is 9.72 Å². The molecule has 3 nitrogen and oxygen atoms in total. The van der Waals surface area contributed by atoms with Crippen LogP contribution in [0.5, 0.6) is 0 Å². The molecule has 1 aliphatic heterocycles. The Hall–Kier alpha value is -1.23. The monoisotopic (exact) mass is 370 g/mol. The Morgan fingerprint density at radius 2 is 2.08 bits per heavy atom. The van der Waals surface area contributed by atoms with Crippen molar-refractivity contribution in [2.45, 2.75) is 69.4 Å². The predicted molar refractivity (Wildman–Crippen MR) is 108 cm³/mol. The summed E-state index contributed by atoms with van der Waals surface area (Å²) in [5.74, 6) is 0. The van der Waals surface area contributed by atoms with Crippen LogP contribution in [0.25, 0.3) is 0 Å². The van der Waals surface area contributed by atoms with Crippen LogP contribution >= 0.6 is 11.3 Å². The molecule has 1 atom stereocenters. The SMILES string of the molecule is Cc1sccc1CNCC[C@@]1(c2ccccn2)CCOC2(CCCC2)C1. The Balaban J connectivity index is 1.47. The Labute approximate surface area is 161 Å². The van der Waals surface area contributed by atoms with E-state index < -0.39 is 0 Å². The summed E-state index contributed by atoms with van der Waals surface area (Å²) < 4.78 is 6.34. The van der Waals surface area contributed by atoms with Crippen LogP contribution in [0.4, 0.5) is 0 Å². The first-order chi connectivity index (χ1) is 12.7. The smallest absolute Gasteiger partial charge is 0.0691 e. The van der Waals surface area contributed by atoms with Crippen molar-refractivity contribution in [3.63, 3.8) is 0 Å². The van der Waals surface area contributed by atoms with E-state index in [1.54, 1.807) is 0 Å². The third-order valence-corrected chi connectivity index (χ3v) is 7.32. The molecule has 0 radical (unpaired) electrons. The fourth-order valence-corrected chi connectivity index (χ4v) is 5.67. The van der Waals surface area contributed by atoms with Crippen LogP contribution in [0, 0.1) is 6.92 Å². The van der Waals surface area contributed by atoms with E-state index in [1.807, 2.05) is 23.6 Å². The average molecular weight is 371 g/mol. The number of ether oxygens (including phenoxy) is 1. The van der Waals surface area contributed by atoms with E-state index in [0.29, 0.717) is 0 Å². The van der Waals surface area contributed by atoms with Crippen molar-refractivity contribution < 1.29 is 4.74 Å². The standard InChI is InChI=1S/C22H30N2OS/c1-18-19(7-15-26-18)16-23-13-10-21(20-6-2-5-12-24-20)11-14-25-22(17-21)8-3-4-9-22/h2,5-7,12,15,23H,3-4,8-11,13-14,16-17H2,1H3/t21-/m1/s1. The number of hydrogen-bond acceptors (Lipinski definition) is 4. The van der Waals surface area contributed by atoms with Gasteiger partial charge in [0.25, 0.3) is 0 Å². The Morgan fingerprint density at radius 3 is 2.81 bits per heavy atom. The maximum Gasteiger partial charge on any atom is 0.0691 e. The van der Waals surface area contributed by atoms with E-state index in [0.717, 1.165) is 39.0 Å². The highest BCUT2D eigenvalue weighted by molar-refractivity contribution is 7.10. The molecule has 0 bridgehead atoms. The van der Waals surface area contributed by atoms with Gasteiger partial charge in [-0.1, -0.05) is 18.9 Å². The van der Waals surface area contributed by atoms with E-state index >= 15 is 0 Å². The number of pyridine rings is 1. The minimum Gasteiger partial charge on any atom is -0.375 e. The topological polar surface area (TPSA) is 34.2 Å². The van der Waals surface area contributed by atoms with Gasteiger partial charge in [0.05, 0.1) is 5.60 Å². The quantitative estimate of drug-likeness (QED) is 0.727. The zero-order valence-electron chi connectivity index (χ0n) is 15.8. The van der Waals surface area contributed by atoms with Crippen LogP contribution in [0.3, 0.4) is 0 Å². The first-order valence-corrected chi connectivity index (χ1v) is 10.9. The van der Waals surface area contributed by atoms with Crippen LogP contribution in [0.15, 0.2) is 35.8 Å². The largest absolute Gasteiger partial charge is 0.375 e. The van der Waals surface area contributed by atoms with E-state index in [9.17, 15) is 0 Å². The van der Waals surface area contributed by atoms with E-state index in [-0.39, 0.29) is 11.0 Å². The number of rotatable bonds is 6. The summed E-state index contributed by atoms with van der Waals surface area (Å²) >= 11 is 1.83. The van der Waals surface area contributed by atoms with Gasteiger partial charge in [-0.05, 0) is 74.7 Å². The minimum absolute atomic E-state index is 0.111. The Bertz CT molecular complexity index is 708. The van der Waals surface area contributed by atoms with Crippen molar-refractivity contribution >= 4 is 11.3 Å². The zero-order valence-corrected chi connectivity index (χ0v) is 16.6. The summed E-state index contributed by atoms with van der Waals surface area (Å²) in [6.07, 6.45) is 10.4. The second-order valence-electron chi connectivity index (χ2n) is 8.09. The lowest BCUT2D eigenvalue weighted by Crippen LogP contribution is -2.47. The van der Waals surface area contributed by atoms with Gasteiger partial charge in [0, 0.05) is 35.3 Å². The molecule has 0 amide bonds. The van der Waals surface area contributed by atoms with Gasteiger partial charge in [0.1, 0.15) is 0 Å². The molecule has 0 aromatic carbocycles. The zero-order chi connectivity index (χ0) is 17.9. The first kappa shape index (κ1) is 18.1. The molecule has 1 N–H and O–H groups in total. The molecule has 2 aromatic rings. The fraction of sp³-hybridized carbons (Fsp3) is 0.591. The van der Waals surface area contributed by atoms with Crippen molar-refractivity contribution in [3.8, 4) is 0 Å². The van der Waals surface area contributed by atoms with Gasteiger partial charge in [-0.25, -0.2) is 0 Å².